The van der Waals surface area contributed by atoms with E-state index in [9.17, 15) is 9.59 Å². The molecule has 2 heterocycles. The maximum absolute atomic E-state index is 13.9. The van der Waals surface area contributed by atoms with E-state index in [1.54, 1.807) is 0 Å². The number of carbonyl (C=O) groups excluding carboxylic acids is 2. The van der Waals surface area contributed by atoms with Crippen LogP contribution in [0.25, 0.3) is 0 Å². The summed E-state index contributed by atoms with van der Waals surface area (Å²) >= 11 is 0. The predicted molar refractivity (Wildman–Crippen MR) is 141 cm³/mol. The lowest BCUT2D eigenvalue weighted by Gasteiger charge is -2.47. The maximum Gasteiger partial charge on any atom is 0.457 e. The van der Waals surface area contributed by atoms with Crippen molar-refractivity contribution in [2.45, 2.75) is 129 Å². The number of rotatable bonds is 8. The van der Waals surface area contributed by atoms with Crippen molar-refractivity contribution in [2.75, 3.05) is 19.6 Å². The third kappa shape index (κ3) is 7.01. The van der Waals surface area contributed by atoms with Gasteiger partial charge in [0.25, 0.3) is 0 Å². The van der Waals surface area contributed by atoms with Crippen LogP contribution in [0.2, 0.25) is 6.32 Å². The molecule has 8 heteroatoms. The van der Waals surface area contributed by atoms with Crippen molar-refractivity contribution in [3.05, 3.63) is 0 Å². The molecule has 0 aromatic carbocycles. The molecule has 0 bridgehead atoms. The molecule has 3 atom stereocenters. The molecule has 2 aliphatic heterocycles. The van der Waals surface area contributed by atoms with E-state index in [2.05, 4.69) is 43.2 Å². The Morgan fingerprint density at radius 2 is 1.60 bits per heavy atom. The van der Waals surface area contributed by atoms with Crippen molar-refractivity contribution in [2.24, 2.45) is 11.8 Å². The molecule has 2 amide bonds. The van der Waals surface area contributed by atoms with E-state index in [0.29, 0.717) is 12.3 Å². The molecule has 2 N–H and O–H groups in total. The van der Waals surface area contributed by atoms with Crippen LogP contribution in [0.1, 0.15) is 100 Å². The Labute approximate surface area is 214 Å². The minimum Gasteiger partial charge on any atom is -0.403 e. The van der Waals surface area contributed by atoms with Gasteiger partial charge in [0.15, 0.2) is 0 Å². The van der Waals surface area contributed by atoms with Crippen molar-refractivity contribution in [3.8, 4) is 0 Å². The predicted octanol–water partition coefficient (Wildman–Crippen LogP) is 4.16. The molecule has 2 saturated heterocycles. The second-order valence-corrected chi connectivity index (χ2v) is 13.3. The lowest BCUT2D eigenvalue weighted by atomic mass is 9.64. The van der Waals surface area contributed by atoms with Gasteiger partial charge >= 0.3 is 7.12 Å². The molecular formula is C27H50BN3O4. The summed E-state index contributed by atoms with van der Waals surface area (Å²) in [6.07, 6.45) is 7.83. The molecule has 0 spiro atoms. The van der Waals surface area contributed by atoms with Crippen LogP contribution in [-0.2, 0) is 18.9 Å². The topological polar surface area (TPSA) is 79.9 Å². The highest BCUT2D eigenvalue weighted by Crippen LogP contribution is 2.44. The average molecular weight is 492 g/mol. The van der Waals surface area contributed by atoms with Gasteiger partial charge in [-0.05, 0) is 118 Å². The summed E-state index contributed by atoms with van der Waals surface area (Å²) in [7, 11) is -0.230. The van der Waals surface area contributed by atoms with Gasteiger partial charge in [-0.3, -0.25) is 9.59 Å². The van der Waals surface area contributed by atoms with Crippen molar-refractivity contribution in [3.63, 3.8) is 0 Å². The Morgan fingerprint density at radius 3 is 2.14 bits per heavy atom. The van der Waals surface area contributed by atoms with Crippen LogP contribution >= 0.6 is 0 Å². The lowest BCUT2D eigenvalue weighted by molar-refractivity contribution is -0.139. The quantitative estimate of drug-likeness (QED) is 0.499. The zero-order chi connectivity index (χ0) is 26.1. The second-order valence-electron chi connectivity index (χ2n) is 13.3. The Kier molecular flexibility index (Phi) is 8.70. The molecule has 3 rings (SSSR count). The fourth-order valence-electron chi connectivity index (χ4n) is 6.10. The molecule has 0 radical (unpaired) electrons. The first-order valence-corrected chi connectivity index (χ1v) is 13.8. The summed E-state index contributed by atoms with van der Waals surface area (Å²) in [5.74, 6) is 0.288. The van der Waals surface area contributed by atoms with E-state index in [0.717, 1.165) is 51.6 Å². The molecule has 0 aromatic heterocycles. The minimum absolute atomic E-state index is 0.0352. The van der Waals surface area contributed by atoms with Crippen LogP contribution in [0.15, 0.2) is 0 Å². The zero-order valence-corrected chi connectivity index (χ0v) is 23.6. The van der Waals surface area contributed by atoms with Gasteiger partial charge in [0.2, 0.25) is 11.8 Å². The number of nitrogens with one attached hydrogen (secondary N) is 2. The molecule has 35 heavy (non-hydrogen) atoms. The fraction of sp³-hybridized carbons (Fsp3) is 0.926. The molecule has 7 nitrogen and oxygen atoms in total. The first-order chi connectivity index (χ1) is 16.1. The smallest absolute Gasteiger partial charge is 0.403 e. The second kappa shape index (κ2) is 10.7. The van der Waals surface area contributed by atoms with Gasteiger partial charge < -0.3 is 24.8 Å². The lowest BCUT2D eigenvalue weighted by Crippen LogP contribution is -2.67. The first-order valence-electron chi connectivity index (χ1n) is 13.8. The average Bonchev–Trinajstić information content (AvgIpc) is 3.29. The van der Waals surface area contributed by atoms with Gasteiger partial charge in [-0.25, -0.2) is 0 Å². The molecule has 2 unspecified atom stereocenters. The summed E-state index contributed by atoms with van der Waals surface area (Å²) in [5.41, 5.74) is -1.91. The van der Waals surface area contributed by atoms with Crippen molar-refractivity contribution in [1.29, 1.82) is 0 Å². The summed E-state index contributed by atoms with van der Waals surface area (Å²) < 4.78 is 12.4. The molecule has 1 aliphatic carbocycles. The standard InChI is InChI=1S/C27H50BN3O4/c1-20(32)29-27(23(33)30-24(2,3)4)19-21(11-12-22(27)14-18-31-16-9-10-17-31)13-15-28-34-25(5,6)26(7,8)35-28/h21-22H,9-19H2,1-8H3,(H,29,32)(H,30,33)/t21-,22?,27?/m0/s1. The minimum atomic E-state index is -0.877. The Balaban J connectivity index is 1.75. The van der Waals surface area contributed by atoms with Gasteiger partial charge in [0, 0.05) is 12.5 Å². The third-order valence-electron chi connectivity index (χ3n) is 8.63. The number of hydrogen-bond acceptors (Lipinski definition) is 5. The number of likely N-dealkylation sites (tertiary alicyclic amines) is 1. The fourth-order valence-corrected chi connectivity index (χ4v) is 6.10. The van der Waals surface area contributed by atoms with E-state index in [-0.39, 0.29) is 41.6 Å². The van der Waals surface area contributed by atoms with E-state index in [4.69, 9.17) is 9.31 Å². The highest BCUT2D eigenvalue weighted by atomic mass is 16.7. The van der Waals surface area contributed by atoms with Gasteiger partial charge in [0.1, 0.15) is 5.54 Å². The molecule has 3 aliphatic rings. The van der Waals surface area contributed by atoms with Gasteiger partial charge in [-0.1, -0.05) is 12.8 Å². The number of carbonyl (C=O) groups is 2. The first kappa shape index (κ1) is 28.5. The monoisotopic (exact) mass is 491 g/mol. The van der Waals surface area contributed by atoms with Crippen LogP contribution in [0, 0.1) is 11.8 Å². The highest BCUT2D eigenvalue weighted by Gasteiger charge is 2.53. The van der Waals surface area contributed by atoms with Crippen molar-refractivity contribution < 1.29 is 18.9 Å². The van der Waals surface area contributed by atoms with E-state index < -0.39 is 5.54 Å². The largest absolute Gasteiger partial charge is 0.457 e. The third-order valence-corrected chi connectivity index (χ3v) is 8.63. The molecule has 200 valence electrons. The normalized spacial score (nSPS) is 30.9. The van der Waals surface area contributed by atoms with Crippen molar-refractivity contribution >= 4 is 18.9 Å². The number of hydrogen-bond donors (Lipinski definition) is 2. The van der Waals surface area contributed by atoms with E-state index in [1.807, 2.05) is 20.8 Å². The Hall–Kier alpha value is -1.12. The number of amides is 2. The van der Waals surface area contributed by atoms with Crippen LogP contribution in [0.5, 0.6) is 0 Å². The SMILES string of the molecule is CC(=O)NC1(C(=O)NC(C)(C)C)C[C@H](CCB2OC(C)(C)C(C)(C)O2)CCC1CCN1CCCC1. The number of nitrogens with zero attached hydrogens (tertiary/aromatic N) is 1. The summed E-state index contributed by atoms with van der Waals surface area (Å²) in [6.45, 7) is 19.2. The van der Waals surface area contributed by atoms with E-state index >= 15 is 0 Å². The molecule has 0 aromatic rings. The van der Waals surface area contributed by atoms with Crippen molar-refractivity contribution in [1.82, 2.24) is 15.5 Å². The van der Waals surface area contributed by atoms with Crippen LogP contribution < -0.4 is 10.6 Å². The Bertz CT molecular complexity index is 744. The molecular weight excluding hydrogens is 441 g/mol. The van der Waals surface area contributed by atoms with Gasteiger partial charge in [-0.15, -0.1) is 0 Å². The van der Waals surface area contributed by atoms with Crippen LogP contribution in [-0.4, -0.2) is 65.7 Å². The Morgan fingerprint density at radius 1 is 1.00 bits per heavy atom. The maximum atomic E-state index is 13.9. The summed E-state index contributed by atoms with van der Waals surface area (Å²) in [6, 6.07) is 0. The van der Waals surface area contributed by atoms with E-state index in [1.165, 1.54) is 19.8 Å². The van der Waals surface area contributed by atoms with Gasteiger partial charge in [-0.2, -0.15) is 0 Å². The van der Waals surface area contributed by atoms with Crippen LogP contribution in [0.4, 0.5) is 0 Å². The highest BCUT2D eigenvalue weighted by molar-refractivity contribution is 6.45. The summed E-state index contributed by atoms with van der Waals surface area (Å²) in [4.78, 5) is 28.8. The zero-order valence-electron chi connectivity index (χ0n) is 23.6. The molecule has 1 saturated carbocycles. The summed E-state index contributed by atoms with van der Waals surface area (Å²) in [5, 5.41) is 6.41. The van der Waals surface area contributed by atoms with Crippen LogP contribution in [0.3, 0.4) is 0 Å². The van der Waals surface area contributed by atoms with Gasteiger partial charge in [0.05, 0.1) is 11.2 Å². The molecule has 3 fully saturated rings.